The Morgan fingerprint density at radius 2 is 2.14 bits per heavy atom. The molecule has 3 aliphatic rings. The first-order valence-electron chi connectivity index (χ1n) is 7.95. The number of hydrogen-bond acceptors (Lipinski definition) is 2. The highest BCUT2D eigenvalue weighted by molar-refractivity contribution is 14.1. The highest BCUT2D eigenvalue weighted by Gasteiger charge is 2.56. The number of halogens is 2. The molecule has 1 aromatic rings. The summed E-state index contributed by atoms with van der Waals surface area (Å²) in [7, 11) is 0. The molecule has 0 amide bonds. The van der Waals surface area contributed by atoms with Crippen LogP contribution in [0.25, 0.3) is 6.08 Å². The Morgan fingerprint density at radius 1 is 1.36 bits per heavy atom. The predicted octanol–water partition coefficient (Wildman–Crippen LogP) is 4.24. The molecule has 0 aliphatic heterocycles. The zero-order valence-electron chi connectivity index (χ0n) is 12.5. The zero-order valence-corrected chi connectivity index (χ0v) is 14.6. The van der Waals surface area contributed by atoms with Crippen molar-refractivity contribution in [1.82, 2.24) is 0 Å². The number of hydrogen-bond donors (Lipinski definition) is 2. The molecule has 2 N–H and O–H groups in total. The number of allylic oxidation sites excluding steroid dienone is 1. The van der Waals surface area contributed by atoms with Gasteiger partial charge in [-0.05, 0) is 54.1 Å². The van der Waals surface area contributed by atoms with Crippen molar-refractivity contribution in [2.75, 3.05) is 0 Å². The van der Waals surface area contributed by atoms with E-state index in [-0.39, 0.29) is 17.3 Å². The molecule has 0 heterocycles. The number of aliphatic hydroxyl groups is 1. The van der Waals surface area contributed by atoms with Crippen molar-refractivity contribution in [1.29, 1.82) is 0 Å². The fourth-order valence-electron chi connectivity index (χ4n) is 5.07. The minimum absolute atomic E-state index is 0.0235. The van der Waals surface area contributed by atoms with Crippen LogP contribution in [-0.2, 0) is 0 Å². The molecule has 0 bridgehead atoms. The Hall–Kier alpha value is -0.620. The highest BCUT2D eigenvalue weighted by Crippen LogP contribution is 2.61. The lowest BCUT2D eigenvalue weighted by atomic mass is 9.57. The van der Waals surface area contributed by atoms with Crippen molar-refractivity contribution in [3.05, 3.63) is 35.2 Å². The molecule has 22 heavy (non-hydrogen) atoms. The summed E-state index contributed by atoms with van der Waals surface area (Å²) in [6.45, 7) is 2.22. The van der Waals surface area contributed by atoms with Gasteiger partial charge in [-0.15, -0.1) is 0 Å². The third-order valence-corrected chi connectivity index (χ3v) is 7.54. The van der Waals surface area contributed by atoms with Crippen molar-refractivity contribution in [2.24, 2.45) is 17.3 Å². The first-order valence-corrected chi connectivity index (χ1v) is 9.19. The average molecular weight is 414 g/mol. The van der Waals surface area contributed by atoms with Gasteiger partial charge in [0.2, 0.25) is 0 Å². The number of phenolic OH excluding ortho intramolecular Hbond substituents is 1. The Kier molecular flexibility index (Phi) is 3.35. The van der Waals surface area contributed by atoms with Gasteiger partial charge in [-0.25, -0.2) is 4.39 Å². The molecular formula is C18H20FIO2. The third kappa shape index (κ3) is 1.86. The summed E-state index contributed by atoms with van der Waals surface area (Å²) in [5.74, 6) is 0.348. The number of aromatic hydroxyl groups is 1. The lowest BCUT2D eigenvalue weighted by Gasteiger charge is -2.48. The number of aliphatic hydroxyl groups excluding tert-OH is 1. The Labute approximate surface area is 143 Å². The van der Waals surface area contributed by atoms with Crippen molar-refractivity contribution in [2.45, 2.75) is 42.1 Å². The van der Waals surface area contributed by atoms with Gasteiger partial charge in [-0.3, -0.25) is 0 Å². The maximum Gasteiger partial charge on any atom is 0.172 e. The van der Waals surface area contributed by atoms with Gasteiger partial charge in [0.15, 0.2) is 11.6 Å². The van der Waals surface area contributed by atoms with Gasteiger partial charge in [0, 0.05) is 9.49 Å². The van der Waals surface area contributed by atoms with E-state index < -0.39 is 5.82 Å². The largest absolute Gasteiger partial charge is 0.505 e. The minimum atomic E-state index is -0.501. The third-order valence-electron chi connectivity index (χ3n) is 6.35. The van der Waals surface area contributed by atoms with Crippen LogP contribution in [0.1, 0.15) is 43.2 Å². The molecule has 118 valence electrons. The molecule has 0 aromatic heterocycles. The number of phenols is 1. The quantitative estimate of drug-likeness (QED) is 0.493. The van der Waals surface area contributed by atoms with E-state index in [1.807, 2.05) is 12.1 Å². The standard InChI is InChI=1S/C18H20FIO2/c1-18-7-6-10-9-4-5-15(21)16(19)12(9)3-2-11(10)13(18)8-14(20)17(18)22/h2-5,10-11,13-14,17,21-22H,6-8H2,1H3/t10?,11?,13?,14-,17+,18+/m1/s1. The summed E-state index contributed by atoms with van der Waals surface area (Å²) in [4.78, 5) is 0. The molecule has 3 aliphatic carbocycles. The van der Waals surface area contributed by atoms with E-state index in [2.05, 4.69) is 35.6 Å². The van der Waals surface area contributed by atoms with Crippen LogP contribution in [0.15, 0.2) is 18.2 Å². The minimum Gasteiger partial charge on any atom is -0.505 e. The second-order valence-corrected chi connectivity index (χ2v) is 8.89. The molecule has 2 nitrogen and oxygen atoms in total. The Balaban J connectivity index is 1.77. The van der Waals surface area contributed by atoms with E-state index in [4.69, 9.17) is 0 Å². The van der Waals surface area contributed by atoms with Gasteiger partial charge >= 0.3 is 0 Å². The lowest BCUT2D eigenvalue weighted by molar-refractivity contribution is -0.00577. The topological polar surface area (TPSA) is 40.5 Å². The van der Waals surface area contributed by atoms with Crippen LogP contribution in [0, 0.1) is 23.1 Å². The molecule has 1 aromatic carbocycles. The fraction of sp³-hybridized carbons (Fsp3) is 0.556. The van der Waals surface area contributed by atoms with Gasteiger partial charge in [-0.2, -0.15) is 0 Å². The number of rotatable bonds is 0. The predicted molar refractivity (Wildman–Crippen MR) is 92.6 cm³/mol. The van der Waals surface area contributed by atoms with E-state index in [0.29, 0.717) is 27.2 Å². The lowest BCUT2D eigenvalue weighted by Crippen LogP contribution is -2.43. The van der Waals surface area contributed by atoms with Crippen LogP contribution < -0.4 is 0 Å². The number of benzene rings is 1. The summed E-state index contributed by atoms with van der Waals surface area (Å²) in [5, 5.41) is 20.2. The van der Waals surface area contributed by atoms with Crippen LogP contribution in [0.3, 0.4) is 0 Å². The van der Waals surface area contributed by atoms with E-state index in [1.165, 1.54) is 6.07 Å². The Bertz CT molecular complexity index is 659. The molecule has 2 fully saturated rings. The second-order valence-electron chi connectivity index (χ2n) is 7.29. The summed E-state index contributed by atoms with van der Waals surface area (Å²) in [6.07, 6.45) is 6.70. The van der Waals surface area contributed by atoms with Crippen molar-refractivity contribution in [3.63, 3.8) is 0 Å². The molecule has 4 rings (SSSR count). The van der Waals surface area contributed by atoms with Gasteiger partial charge in [0.25, 0.3) is 0 Å². The monoisotopic (exact) mass is 414 g/mol. The molecule has 0 radical (unpaired) electrons. The molecule has 0 spiro atoms. The molecule has 0 saturated heterocycles. The van der Waals surface area contributed by atoms with Gasteiger partial charge < -0.3 is 10.2 Å². The van der Waals surface area contributed by atoms with Gasteiger partial charge in [-0.1, -0.05) is 47.7 Å². The van der Waals surface area contributed by atoms with Gasteiger partial charge in [0.1, 0.15) is 0 Å². The SMILES string of the molecule is C[C@]12CCC3c4ccc(O)c(F)c4C=CC3C1C[C@@H](I)[C@@H]2O. The second kappa shape index (κ2) is 4.94. The normalized spacial score (nSPS) is 42.6. The average Bonchev–Trinajstić information content (AvgIpc) is 2.74. The van der Waals surface area contributed by atoms with Crippen LogP contribution in [0.5, 0.6) is 5.75 Å². The Morgan fingerprint density at radius 3 is 2.91 bits per heavy atom. The van der Waals surface area contributed by atoms with Gasteiger partial charge in [0.05, 0.1) is 6.10 Å². The molecular weight excluding hydrogens is 394 g/mol. The van der Waals surface area contributed by atoms with Crippen LogP contribution >= 0.6 is 22.6 Å². The van der Waals surface area contributed by atoms with Crippen molar-refractivity contribution >= 4 is 28.7 Å². The highest BCUT2D eigenvalue weighted by atomic mass is 127. The maximum atomic E-state index is 14.2. The zero-order chi connectivity index (χ0) is 15.6. The molecule has 6 atom stereocenters. The summed E-state index contributed by atoms with van der Waals surface area (Å²) in [5.41, 5.74) is 1.55. The molecule has 4 heteroatoms. The first-order chi connectivity index (χ1) is 10.4. The fourth-order valence-corrected chi connectivity index (χ4v) is 6.44. The van der Waals surface area contributed by atoms with Crippen LogP contribution in [0.2, 0.25) is 0 Å². The van der Waals surface area contributed by atoms with E-state index >= 15 is 0 Å². The van der Waals surface area contributed by atoms with E-state index in [1.54, 1.807) is 0 Å². The summed E-state index contributed by atoms with van der Waals surface area (Å²) >= 11 is 2.38. The smallest absolute Gasteiger partial charge is 0.172 e. The number of alkyl halides is 1. The van der Waals surface area contributed by atoms with E-state index in [0.717, 1.165) is 24.8 Å². The summed E-state index contributed by atoms with van der Waals surface area (Å²) in [6, 6.07) is 3.35. The van der Waals surface area contributed by atoms with Crippen LogP contribution in [0.4, 0.5) is 4.39 Å². The first kappa shape index (κ1) is 14.9. The van der Waals surface area contributed by atoms with E-state index in [9.17, 15) is 14.6 Å². The molecule has 3 unspecified atom stereocenters. The maximum absolute atomic E-state index is 14.2. The molecule has 2 saturated carbocycles. The van der Waals surface area contributed by atoms with Crippen molar-refractivity contribution < 1.29 is 14.6 Å². The van der Waals surface area contributed by atoms with Crippen LogP contribution in [-0.4, -0.2) is 20.2 Å². The van der Waals surface area contributed by atoms with Crippen molar-refractivity contribution in [3.8, 4) is 5.75 Å². The number of fused-ring (bicyclic) bond motifs is 5. The summed E-state index contributed by atoms with van der Waals surface area (Å²) < 4.78 is 14.5.